The Bertz CT molecular complexity index is 341. The highest BCUT2D eigenvalue weighted by Crippen LogP contribution is 2.30. The van der Waals surface area contributed by atoms with Crippen molar-refractivity contribution < 1.29 is 4.74 Å². The molecule has 0 heterocycles. The van der Waals surface area contributed by atoms with Crippen LogP contribution in [0, 0.1) is 5.41 Å². The molecule has 17 heavy (non-hydrogen) atoms. The van der Waals surface area contributed by atoms with Crippen molar-refractivity contribution in [3.05, 3.63) is 29.8 Å². The van der Waals surface area contributed by atoms with E-state index in [1.807, 2.05) is 6.07 Å². The largest absolute Gasteiger partial charge is 0.497 e. The van der Waals surface area contributed by atoms with Gasteiger partial charge in [-0.05, 0) is 42.4 Å². The molecule has 1 nitrogen and oxygen atoms in total. The van der Waals surface area contributed by atoms with Gasteiger partial charge in [0.05, 0.1) is 7.11 Å². The molecule has 0 aromatic heterocycles. The van der Waals surface area contributed by atoms with Crippen molar-refractivity contribution >= 4 is 15.9 Å². The zero-order chi connectivity index (χ0) is 12.9. The molecule has 1 unspecified atom stereocenters. The molecule has 0 fully saturated rings. The summed E-state index contributed by atoms with van der Waals surface area (Å²) in [5, 5.41) is 0. The van der Waals surface area contributed by atoms with E-state index in [9.17, 15) is 0 Å². The molecule has 0 saturated heterocycles. The average Bonchev–Trinajstić information content (AvgIpc) is 2.28. The second kappa shape index (κ2) is 6.44. The second-order valence-corrected chi connectivity index (χ2v) is 6.68. The molecule has 1 aromatic carbocycles. The standard InChI is InChI=1S/C15H23BrO/c1-15(2,3)14(16)10-6-8-12-7-5-9-13(11-12)17-4/h5,7,9,11,14H,6,8,10H2,1-4H3. The lowest BCUT2D eigenvalue weighted by molar-refractivity contribution is 0.380. The summed E-state index contributed by atoms with van der Waals surface area (Å²) in [6, 6.07) is 8.35. The predicted molar refractivity (Wildman–Crippen MR) is 78.1 cm³/mol. The van der Waals surface area contributed by atoms with Crippen LogP contribution in [0.1, 0.15) is 39.2 Å². The van der Waals surface area contributed by atoms with E-state index >= 15 is 0 Å². The minimum Gasteiger partial charge on any atom is -0.497 e. The number of rotatable bonds is 5. The molecule has 1 atom stereocenters. The van der Waals surface area contributed by atoms with E-state index in [2.05, 4.69) is 54.9 Å². The first-order valence-electron chi connectivity index (χ1n) is 6.20. The summed E-state index contributed by atoms with van der Waals surface area (Å²) in [6.45, 7) is 6.83. The van der Waals surface area contributed by atoms with Crippen LogP contribution >= 0.6 is 15.9 Å². The predicted octanol–water partition coefficient (Wildman–Crippen LogP) is 4.83. The van der Waals surface area contributed by atoms with Gasteiger partial charge in [-0.3, -0.25) is 0 Å². The Morgan fingerprint density at radius 2 is 2.00 bits per heavy atom. The van der Waals surface area contributed by atoms with Gasteiger partial charge >= 0.3 is 0 Å². The average molecular weight is 299 g/mol. The topological polar surface area (TPSA) is 9.23 Å². The number of halogens is 1. The van der Waals surface area contributed by atoms with E-state index in [1.54, 1.807) is 7.11 Å². The zero-order valence-electron chi connectivity index (χ0n) is 11.3. The third-order valence-corrected chi connectivity index (χ3v) is 4.83. The monoisotopic (exact) mass is 298 g/mol. The first kappa shape index (κ1) is 14.6. The molecule has 2 heteroatoms. The van der Waals surface area contributed by atoms with Crippen LogP contribution in [0.2, 0.25) is 0 Å². The fourth-order valence-electron chi connectivity index (χ4n) is 1.75. The summed E-state index contributed by atoms with van der Waals surface area (Å²) in [6.07, 6.45) is 3.54. The van der Waals surface area contributed by atoms with Gasteiger partial charge in [-0.2, -0.15) is 0 Å². The summed E-state index contributed by atoms with van der Waals surface area (Å²) in [4.78, 5) is 0.584. The molecule has 1 aromatic rings. The summed E-state index contributed by atoms with van der Waals surface area (Å²) in [5.41, 5.74) is 1.70. The lowest BCUT2D eigenvalue weighted by atomic mass is 9.89. The normalized spacial score (nSPS) is 13.5. The van der Waals surface area contributed by atoms with Crippen molar-refractivity contribution in [2.45, 2.75) is 44.9 Å². The quantitative estimate of drug-likeness (QED) is 0.708. The van der Waals surface area contributed by atoms with Crippen molar-refractivity contribution in [2.75, 3.05) is 7.11 Å². The highest BCUT2D eigenvalue weighted by Gasteiger charge is 2.20. The summed E-state index contributed by atoms with van der Waals surface area (Å²) in [7, 11) is 1.72. The first-order chi connectivity index (χ1) is 7.93. The molecule has 0 spiro atoms. The van der Waals surface area contributed by atoms with E-state index in [0.29, 0.717) is 10.2 Å². The van der Waals surface area contributed by atoms with Crippen molar-refractivity contribution in [1.29, 1.82) is 0 Å². The number of ether oxygens (including phenoxy) is 1. The maximum Gasteiger partial charge on any atom is 0.119 e. The molecule has 0 amide bonds. The van der Waals surface area contributed by atoms with E-state index < -0.39 is 0 Å². The van der Waals surface area contributed by atoms with Crippen molar-refractivity contribution in [2.24, 2.45) is 5.41 Å². The van der Waals surface area contributed by atoms with Gasteiger partial charge in [-0.25, -0.2) is 0 Å². The van der Waals surface area contributed by atoms with Crippen LogP contribution in [-0.2, 0) is 6.42 Å². The van der Waals surface area contributed by atoms with E-state index in [1.165, 1.54) is 18.4 Å². The Morgan fingerprint density at radius 3 is 2.59 bits per heavy atom. The highest BCUT2D eigenvalue weighted by molar-refractivity contribution is 9.09. The molecule has 0 saturated carbocycles. The van der Waals surface area contributed by atoms with Crippen LogP contribution in [0.3, 0.4) is 0 Å². The van der Waals surface area contributed by atoms with Crippen LogP contribution in [0.15, 0.2) is 24.3 Å². The number of hydrogen-bond donors (Lipinski definition) is 0. The number of aryl methyl sites for hydroxylation is 1. The van der Waals surface area contributed by atoms with Crippen molar-refractivity contribution in [3.63, 3.8) is 0 Å². The van der Waals surface area contributed by atoms with Crippen molar-refractivity contribution in [3.8, 4) is 5.75 Å². The maximum atomic E-state index is 5.23. The van der Waals surface area contributed by atoms with Crippen LogP contribution in [-0.4, -0.2) is 11.9 Å². The molecule has 0 N–H and O–H groups in total. The third-order valence-electron chi connectivity index (χ3n) is 3.00. The Kier molecular flexibility index (Phi) is 5.51. The summed E-state index contributed by atoms with van der Waals surface area (Å²) < 4.78 is 5.23. The zero-order valence-corrected chi connectivity index (χ0v) is 12.9. The molecule has 96 valence electrons. The molecular weight excluding hydrogens is 276 g/mol. The van der Waals surface area contributed by atoms with Gasteiger partial charge < -0.3 is 4.74 Å². The molecular formula is C15H23BrO. The summed E-state index contributed by atoms with van der Waals surface area (Å²) in [5.74, 6) is 0.953. The van der Waals surface area contributed by atoms with Crippen LogP contribution in [0.5, 0.6) is 5.75 Å². The molecule has 0 aliphatic carbocycles. The fraction of sp³-hybridized carbons (Fsp3) is 0.600. The molecule has 1 rings (SSSR count). The van der Waals surface area contributed by atoms with E-state index in [4.69, 9.17) is 4.74 Å². The Hall–Kier alpha value is -0.500. The first-order valence-corrected chi connectivity index (χ1v) is 7.12. The van der Waals surface area contributed by atoms with Crippen LogP contribution in [0.4, 0.5) is 0 Å². The number of hydrogen-bond acceptors (Lipinski definition) is 1. The van der Waals surface area contributed by atoms with E-state index in [-0.39, 0.29) is 0 Å². The number of alkyl halides is 1. The van der Waals surface area contributed by atoms with Crippen LogP contribution < -0.4 is 4.74 Å². The lowest BCUT2D eigenvalue weighted by Crippen LogP contribution is -2.20. The van der Waals surface area contributed by atoms with Gasteiger partial charge in [-0.1, -0.05) is 48.8 Å². The Balaban J connectivity index is 2.40. The summed E-state index contributed by atoms with van der Waals surface area (Å²) >= 11 is 3.78. The minimum absolute atomic E-state index is 0.342. The highest BCUT2D eigenvalue weighted by atomic mass is 79.9. The fourth-order valence-corrected chi connectivity index (χ4v) is 2.07. The Morgan fingerprint density at radius 1 is 1.29 bits per heavy atom. The number of methoxy groups -OCH3 is 1. The minimum atomic E-state index is 0.342. The van der Waals surface area contributed by atoms with Gasteiger partial charge in [0.2, 0.25) is 0 Å². The van der Waals surface area contributed by atoms with Gasteiger partial charge in [0, 0.05) is 4.83 Å². The molecule has 0 aliphatic rings. The third kappa shape index (κ3) is 5.12. The number of benzene rings is 1. The smallest absolute Gasteiger partial charge is 0.119 e. The maximum absolute atomic E-state index is 5.23. The SMILES string of the molecule is COc1cccc(CCCC(Br)C(C)(C)C)c1. The van der Waals surface area contributed by atoms with Crippen LogP contribution in [0.25, 0.3) is 0 Å². The molecule has 0 radical (unpaired) electrons. The molecule has 0 aliphatic heterocycles. The van der Waals surface area contributed by atoms with Gasteiger partial charge in [-0.15, -0.1) is 0 Å². The van der Waals surface area contributed by atoms with Crippen molar-refractivity contribution in [1.82, 2.24) is 0 Å². The van der Waals surface area contributed by atoms with Gasteiger partial charge in [0.15, 0.2) is 0 Å². The van der Waals surface area contributed by atoms with Gasteiger partial charge in [0.25, 0.3) is 0 Å². The second-order valence-electron chi connectivity index (χ2n) is 5.58. The molecule has 0 bridgehead atoms. The van der Waals surface area contributed by atoms with Gasteiger partial charge in [0.1, 0.15) is 5.75 Å². The lowest BCUT2D eigenvalue weighted by Gasteiger charge is -2.25. The van der Waals surface area contributed by atoms with E-state index in [0.717, 1.165) is 12.2 Å². The Labute approximate surface area is 114 Å².